The summed E-state index contributed by atoms with van der Waals surface area (Å²) >= 11 is 0. The zero-order chi connectivity index (χ0) is 22.5. The maximum Gasteiger partial charge on any atom is 0.200 e. The average molecular weight is 449 g/mol. The monoisotopic (exact) mass is 448 g/mol. The minimum absolute atomic E-state index is 0.000959. The molecule has 4 heteroatoms. The van der Waals surface area contributed by atoms with Gasteiger partial charge < -0.3 is 9.47 Å². The predicted octanol–water partition coefficient (Wildman–Crippen LogP) is 8.04. The number of ether oxygens (including phenoxy) is 2. The molecule has 0 unspecified atom stereocenters. The number of halogens is 2. The number of hydrogen-bond donors (Lipinski definition) is 0. The maximum absolute atomic E-state index is 14.6. The van der Waals surface area contributed by atoms with Gasteiger partial charge in [0.25, 0.3) is 0 Å². The van der Waals surface area contributed by atoms with Crippen molar-refractivity contribution in [3.8, 4) is 5.75 Å². The Bertz CT molecular complexity index is 712. The third-order valence-corrected chi connectivity index (χ3v) is 8.72. The summed E-state index contributed by atoms with van der Waals surface area (Å²) in [6, 6.07) is 3.23. The van der Waals surface area contributed by atoms with E-state index in [0.717, 1.165) is 30.6 Å². The Labute approximate surface area is 193 Å². The molecule has 0 radical (unpaired) electrons. The Balaban J connectivity index is 1.23. The summed E-state index contributed by atoms with van der Waals surface area (Å²) in [5.41, 5.74) is 0.437. The normalized spacial score (nSPS) is 33.8. The molecule has 0 bridgehead atoms. The molecule has 2 aliphatic carbocycles. The third-order valence-electron chi connectivity index (χ3n) is 8.72. The van der Waals surface area contributed by atoms with Crippen molar-refractivity contribution in [2.45, 2.75) is 103 Å². The second kappa shape index (κ2) is 11.3. The Morgan fingerprint density at radius 2 is 1.47 bits per heavy atom. The number of rotatable bonds is 7. The fourth-order valence-corrected chi connectivity index (χ4v) is 6.86. The fourth-order valence-electron chi connectivity index (χ4n) is 6.86. The lowest BCUT2D eigenvalue weighted by Gasteiger charge is -2.41. The number of hydrogen-bond acceptors (Lipinski definition) is 2. The highest BCUT2D eigenvalue weighted by molar-refractivity contribution is 5.33. The quantitative estimate of drug-likeness (QED) is 0.420. The van der Waals surface area contributed by atoms with E-state index in [2.05, 4.69) is 6.92 Å². The van der Waals surface area contributed by atoms with Crippen LogP contribution >= 0.6 is 0 Å². The van der Waals surface area contributed by atoms with Crippen LogP contribution in [-0.2, 0) is 4.74 Å². The van der Waals surface area contributed by atoms with Crippen LogP contribution in [0.25, 0.3) is 0 Å². The van der Waals surface area contributed by atoms with E-state index in [-0.39, 0.29) is 11.7 Å². The minimum Gasteiger partial charge on any atom is -0.491 e. The van der Waals surface area contributed by atoms with Crippen LogP contribution in [0.1, 0.15) is 102 Å². The van der Waals surface area contributed by atoms with Crippen molar-refractivity contribution in [2.24, 2.45) is 23.7 Å². The molecule has 32 heavy (non-hydrogen) atoms. The van der Waals surface area contributed by atoms with E-state index in [0.29, 0.717) is 30.8 Å². The van der Waals surface area contributed by atoms with Crippen molar-refractivity contribution in [2.75, 3.05) is 13.2 Å². The molecule has 1 saturated heterocycles. The standard InChI is InChI=1S/C28H42F2O2/c1-3-5-19-6-8-20(9-7-19)21-10-12-22(13-11-21)25-16-14-23(18-32-25)24-15-17-26(31-4-2)28(30)27(24)29/h15,17,19-23,25H,3-14,16,18H2,1-2H3/t19?,20?,21?,22?,23-,25+/m0/s1. The van der Waals surface area contributed by atoms with E-state index in [1.54, 1.807) is 19.1 Å². The molecule has 1 heterocycles. The van der Waals surface area contributed by atoms with Gasteiger partial charge in [-0.1, -0.05) is 38.7 Å². The summed E-state index contributed by atoms with van der Waals surface area (Å²) in [7, 11) is 0. The molecule has 4 rings (SSSR count). The van der Waals surface area contributed by atoms with Gasteiger partial charge in [0.1, 0.15) is 0 Å². The summed E-state index contributed by atoms with van der Waals surface area (Å²) in [6.07, 6.45) is 16.0. The SMILES string of the molecule is CCCC1CCC(C2CCC([C@H]3CC[C@H](c4ccc(OCC)c(F)c4F)CO3)CC2)CC1. The lowest BCUT2D eigenvalue weighted by atomic mass is 9.67. The van der Waals surface area contributed by atoms with E-state index in [9.17, 15) is 8.78 Å². The minimum atomic E-state index is -0.867. The summed E-state index contributed by atoms with van der Waals surface area (Å²) in [6.45, 7) is 4.91. The Hall–Kier alpha value is -1.16. The van der Waals surface area contributed by atoms with Gasteiger partial charge in [0.05, 0.1) is 19.3 Å². The molecule has 1 aliphatic heterocycles. The van der Waals surface area contributed by atoms with Crippen LogP contribution in [0.5, 0.6) is 5.75 Å². The van der Waals surface area contributed by atoms with E-state index in [4.69, 9.17) is 9.47 Å². The summed E-state index contributed by atoms with van der Waals surface area (Å²) in [5, 5.41) is 0. The summed E-state index contributed by atoms with van der Waals surface area (Å²) in [4.78, 5) is 0. The zero-order valence-electron chi connectivity index (χ0n) is 20.1. The van der Waals surface area contributed by atoms with E-state index in [1.165, 1.54) is 64.2 Å². The molecule has 0 spiro atoms. The van der Waals surface area contributed by atoms with Crippen LogP contribution in [0.2, 0.25) is 0 Å². The molecule has 2 atom stereocenters. The molecule has 0 N–H and O–H groups in total. The van der Waals surface area contributed by atoms with Gasteiger partial charge in [-0.15, -0.1) is 0 Å². The Morgan fingerprint density at radius 1 is 0.812 bits per heavy atom. The van der Waals surface area contributed by atoms with Crippen molar-refractivity contribution in [1.82, 2.24) is 0 Å². The van der Waals surface area contributed by atoms with Crippen LogP contribution < -0.4 is 4.74 Å². The van der Waals surface area contributed by atoms with Crippen LogP contribution in [0.15, 0.2) is 12.1 Å². The van der Waals surface area contributed by atoms with Crippen LogP contribution in [-0.4, -0.2) is 19.3 Å². The Kier molecular flexibility index (Phi) is 8.48. The second-order valence-electron chi connectivity index (χ2n) is 10.6. The average Bonchev–Trinajstić information content (AvgIpc) is 2.83. The predicted molar refractivity (Wildman–Crippen MR) is 125 cm³/mol. The van der Waals surface area contributed by atoms with Crippen molar-refractivity contribution >= 4 is 0 Å². The fraction of sp³-hybridized carbons (Fsp3) is 0.786. The molecular weight excluding hydrogens is 406 g/mol. The van der Waals surface area contributed by atoms with Gasteiger partial charge in [0.2, 0.25) is 5.82 Å². The van der Waals surface area contributed by atoms with E-state index < -0.39 is 11.6 Å². The lowest BCUT2D eigenvalue weighted by molar-refractivity contribution is -0.0469. The topological polar surface area (TPSA) is 18.5 Å². The van der Waals surface area contributed by atoms with E-state index >= 15 is 0 Å². The maximum atomic E-state index is 14.6. The van der Waals surface area contributed by atoms with Gasteiger partial charge in [-0.2, -0.15) is 4.39 Å². The molecule has 2 saturated carbocycles. The second-order valence-corrected chi connectivity index (χ2v) is 10.6. The smallest absolute Gasteiger partial charge is 0.200 e. The van der Waals surface area contributed by atoms with Gasteiger partial charge in [-0.25, -0.2) is 4.39 Å². The molecule has 1 aromatic carbocycles. The van der Waals surface area contributed by atoms with E-state index in [1.807, 2.05) is 0 Å². The van der Waals surface area contributed by atoms with Crippen LogP contribution in [0.4, 0.5) is 8.78 Å². The molecule has 0 aromatic heterocycles. The largest absolute Gasteiger partial charge is 0.491 e. The first-order chi connectivity index (χ1) is 15.6. The van der Waals surface area contributed by atoms with Crippen LogP contribution in [0, 0.1) is 35.3 Å². The van der Waals surface area contributed by atoms with Crippen molar-refractivity contribution in [1.29, 1.82) is 0 Å². The molecular formula is C28H42F2O2. The lowest BCUT2D eigenvalue weighted by Crippen LogP contribution is -2.35. The zero-order valence-corrected chi connectivity index (χ0v) is 20.1. The third kappa shape index (κ3) is 5.48. The summed E-state index contributed by atoms with van der Waals surface area (Å²) in [5.74, 6) is 1.82. The Morgan fingerprint density at radius 3 is 2.06 bits per heavy atom. The van der Waals surface area contributed by atoms with Crippen molar-refractivity contribution < 1.29 is 18.3 Å². The van der Waals surface area contributed by atoms with Gasteiger partial charge in [-0.3, -0.25) is 0 Å². The highest BCUT2D eigenvalue weighted by atomic mass is 19.2. The molecule has 1 aromatic rings. The van der Waals surface area contributed by atoms with Gasteiger partial charge in [-0.05, 0) is 93.6 Å². The highest BCUT2D eigenvalue weighted by Gasteiger charge is 2.36. The van der Waals surface area contributed by atoms with Gasteiger partial charge in [0, 0.05) is 5.92 Å². The molecule has 3 fully saturated rings. The molecule has 0 amide bonds. The first-order valence-electron chi connectivity index (χ1n) is 13.3. The first-order valence-corrected chi connectivity index (χ1v) is 13.3. The van der Waals surface area contributed by atoms with Gasteiger partial charge >= 0.3 is 0 Å². The van der Waals surface area contributed by atoms with Crippen molar-refractivity contribution in [3.05, 3.63) is 29.3 Å². The highest BCUT2D eigenvalue weighted by Crippen LogP contribution is 2.44. The molecule has 2 nitrogen and oxygen atoms in total. The number of benzene rings is 1. The van der Waals surface area contributed by atoms with Crippen LogP contribution in [0.3, 0.4) is 0 Å². The summed E-state index contributed by atoms with van der Waals surface area (Å²) < 4.78 is 40.3. The van der Waals surface area contributed by atoms with Gasteiger partial charge in [0.15, 0.2) is 11.6 Å². The first kappa shape index (κ1) is 24.0. The molecule has 180 valence electrons. The molecule has 3 aliphatic rings. The van der Waals surface area contributed by atoms with Crippen molar-refractivity contribution in [3.63, 3.8) is 0 Å².